The number of benzene rings is 3. The molecule has 3 rings (SSSR count). The van der Waals surface area contributed by atoms with Gasteiger partial charge in [0.05, 0.1) is 0 Å². The van der Waals surface area contributed by atoms with Gasteiger partial charge in [-0.05, 0) is 36.4 Å². The molecule has 12 heteroatoms. The molecule has 0 aromatic heterocycles. The fourth-order valence-electron chi connectivity index (χ4n) is 3.36. The largest absolute Gasteiger partial charge is 0.399 e. The second-order valence-electron chi connectivity index (χ2n) is 7.97. The SMILES string of the molecule is CC(C)C(=O)c1cccc(C(=O)Nc2ccc(-c3ccc(N)cc3S(=O)(=O)O)c(S(=O)(=O)O)c2)c1. The zero-order chi connectivity index (χ0) is 26.1. The highest BCUT2D eigenvalue weighted by Crippen LogP contribution is 2.35. The first kappa shape index (κ1) is 26.0. The van der Waals surface area contributed by atoms with E-state index in [0.29, 0.717) is 5.56 Å². The highest BCUT2D eigenvalue weighted by molar-refractivity contribution is 7.86. The van der Waals surface area contributed by atoms with Crippen molar-refractivity contribution in [3.8, 4) is 11.1 Å². The topological polar surface area (TPSA) is 181 Å². The quantitative estimate of drug-likeness (QED) is 0.207. The summed E-state index contributed by atoms with van der Waals surface area (Å²) in [6, 6.07) is 12.8. The van der Waals surface area contributed by atoms with Crippen molar-refractivity contribution in [3.63, 3.8) is 0 Å². The summed E-state index contributed by atoms with van der Waals surface area (Å²) < 4.78 is 67.3. The zero-order valence-corrected chi connectivity index (χ0v) is 20.2. The molecule has 0 aliphatic rings. The summed E-state index contributed by atoms with van der Waals surface area (Å²) in [7, 11) is -9.71. The van der Waals surface area contributed by atoms with Crippen LogP contribution in [-0.4, -0.2) is 37.6 Å². The van der Waals surface area contributed by atoms with Crippen LogP contribution in [0.2, 0.25) is 0 Å². The van der Waals surface area contributed by atoms with Crippen LogP contribution >= 0.6 is 0 Å². The Labute approximate surface area is 202 Å². The number of nitrogens with two attached hydrogens (primary N) is 1. The van der Waals surface area contributed by atoms with E-state index in [0.717, 1.165) is 18.2 Å². The number of carbonyl (C=O) groups excluding carboxylic acids is 2. The van der Waals surface area contributed by atoms with Crippen molar-refractivity contribution in [1.29, 1.82) is 0 Å². The van der Waals surface area contributed by atoms with Crippen LogP contribution in [0.1, 0.15) is 34.6 Å². The first-order chi connectivity index (χ1) is 16.2. The van der Waals surface area contributed by atoms with E-state index in [-0.39, 0.29) is 39.8 Å². The third-order valence-corrected chi connectivity index (χ3v) is 6.81. The maximum atomic E-state index is 12.7. The number of anilines is 2. The van der Waals surface area contributed by atoms with Gasteiger partial charge in [-0.1, -0.05) is 38.1 Å². The molecule has 0 spiro atoms. The normalized spacial score (nSPS) is 11.9. The Kier molecular flexibility index (Phi) is 7.13. The van der Waals surface area contributed by atoms with E-state index >= 15 is 0 Å². The minimum Gasteiger partial charge on any atom is -0.399 e. The fourth-order valence-corrected chi connectivity index (χ4v) is 4.83. The summed E-state index contributed by atoms with van der Waals surface area (Å²) in [5, 5.41) is 2.49. The lowest BCUT2D eigenvalue weighted by Gasteiger charge is -2.14. The number of ketones is 1. The number of hydrogen-bond acceptors (Lipinski definition) is 7. The van der Waals surface area contributed by atoms with Crippen LogP contribution in [0.3, 0.4) is 0 Å². The van der Waals surface area contributed by atoms with Crippen LogP contribution in [0.15, 0.2) is 70.5 Å². The van der Waals surface area contributed by atoms with E-state index in [9.17, 15) is 35.5 Å². The van der Waals surface area contributed by atoms with Crippen molar-refractivity contribution in [2.45, 2.75) is 23.6 Å². The molecule has 0 unspecified atom stereocenters. The molecule has 10 nitrogen and oxygen atoms in total. The molecule has 0 atom stereocenters. The number of hydrogen-bond donors (Lipinski definition) is 4. The lowest BCUT2D eigenvalue weighted by molar-refractivity contribution is 0.0939. The van der Waals surface area contributed by atoms with Crippen molar-refractivity contribution in [3.05, 3.63) is 71.8 Å². The van der Waals surface area contributed by atoms with Crippen LogP contribution < -0.4 is 11.1 Å². The first-order valence-corrected chi connectivity index (χ1v) is 13.0. The summed E-state index contributed by atoms with van der Waals surface area (Å²) in [6.07, 6.45) is 0. The van der Waals surface area contributed by atoms with Gasteiger partial charge >= 0.3 is 0 Å². The Morgan fingerprint density at radius 3 is 1.91 bits per heavy atom. The predicted molar refractivity (Wildman–Crippen MR) is 129 cm³/mol. The number of amides is 1. The Balaban J connectivity index is 2.06. The molecule has 3 aromatic rings. The van der Waals surface area contributed by atoms with Gasteiger partial charge in [-0.2, -0.15) is 16.8 Å². The van der Waals surface area contributed by atoms with Gasteiger partial charge in [0.15, 0.2) is 5.78 Å². The third-order valence-electron chi connectivity index (χ3n) is 5.02. The maximum absolute atomic E-state index is 12.7. The monoisotopic (exact) mass is 518 g/mol. The number of carbonyl (C=O) groups is 2. The van der Waals surface area contributed by atoms with Crippen LogP contribution in [0.5, 0.6) is 0 Å². The number of nitrogens with one attached hydrogen (secondary N) is 1. The van der Waals surface area contributed by atoms with Gasteiger partial charge in [-0.25, -0.2) is 0 Å². The van der Waals surface area contributed by atoms with Crippen LogP contribution in [0.4, 0.5) is 11.4 Å². The summed E-state index contributed by atoms with van der Waals surface area (Å²) in [5.74, 6) is -1.08. The molecular formula is C23H22N2O8S2. The molecule has 0 fully saturated rings. The fraction of sp³-hybridized carbons (Fsp3) is 0.130. The van der Waals surface area contributed by atoms with Crippen molar-refractivity contribution < 1.29 is 35.5 Å². The van der Waals surface area contributed by atoms with Crippen molar-refractivity contribution in [2.24, 2.45) is 5.92 Å². The minimum absolute atomic E-state index is 0.00292. The van der Waals surface area contributed by atoms with Crippen LogP contribution in [0, 0.1) is 5.92 Å². The van der Waals surface area contributed by atoms with E-state index in [2.05, 4.69) is 5.32 Å². The highest BCUT2D eigenvalue weighted by Gasteiger charge is 2.24. The Morgan fingerprint density at radius 2 is 1.34 bits per heavy atom. The Morgan fingerprint density at radius 1 is 0.800 bits per heavy atom. The van der Waals surface area contributed by atoms with Crippen LogP contribution in [-0.2, 0) is 20.2 Å². The molecular weight excluding hydrogens is 496 g/mol. The predicted octanol–water partition coefficient (Wildman–Crippen LogP) is 3.52. The molecule has 0 radical (unpaired) electrons. The van der Waals surface area contributed by atoms with Gasteiger partial charge in [0.2, 0.25) is 0 Å². The smallest absolute Gasteiger partial charge is 0.295 e. The second-order valence-corrected chi connectivity index (χ2v) is 10.8. The average molecular weight is 519 g/mol. The van der Waals surface area contributed by atoms with Crippen molar-refractivity contribution >= 4 is 43.3 Å². The molecule has 0 aliphatic heterocycles. The van der Waals surface area contributed by atoms with Gasteiger partial charge in [0.1, 0.15) is 9.79 Å². The number of nitrogen functional groups attached to an aromatic ring is 1. The average Bonchev–Trinajstić information content (AvgIpc) is 2.77. The lowest BCUT2D eigenvalue weighted by Crippen LogP contribution is -2.14. The standard InChI is InChI=1S/C23H22N2O8S2/c1-13(2)22(26)14-4-3-5-15(10-14)23(27)25-17-7-9-19(21(12-17)35(31,32)33)18-8-6-16(24)11-20(18)34(28,29)30/h3-13H,24H2,1-2H3,(H,25,27)(H,28,29,30)(H,31,32,33). The molecule has 35 heavy (non-hydrogen) atoms. The molecule has 0 bridgehead atoms. The van der Waals surface area contributed by atoms with Crippen molar-refractivity contribution in [2.75, 3.05) is 11.1 Å². The summed E-state index contributed by atoms with van der Waals surface area (Å²) >= 11 is 0. The maximum Gasteiger partial charge on any atom is 0.295 e. The third kappa shape index (κ3) is 5.92. The van der Waals surface area contributed by atoms with E-state index in [1.807, 2.05) is 0 Å². The van der Waals surface area contributed by atoms with Crippen LogP contribution in [0.25, 0.3) is 11.1 Å². The molecule has 3 aromatic carbocycles. The van der Waals surface area contributed by atoms with Gasteiger partial charge in [0, 0.05) is 39.5 Å². The highest BCUT2D eigenvalue weighted by atomic mass is 32.2. The summed E-state index contributed by atoms with van der Waals surface area (Å²) in [5.41, 5.74) is 5.56. The molecule has 0 aliphatic carbocycles. The van der Waals surface area contributed by atoms with Gasteiger partial charge < -0.3 is 11.1 Å². The van der Waals surface area contributed by atoms with E-state index < -0.39 is 35.9 Å². The first-order valence-electron chi connectivity index (χ1n) is 10.1. The van der Waals surface area contributed by atoms with E-state index in [4.69, 9.17) is 5.73 Å². The minimum atomic E-state index is -4.91. The van der Waals surface area contributed by atoms with Gasteiger partial charge in [-0.15, -0.1) is 0 Å². The van der Waals surface area contributed by atoms with Crippen molar-refractivity contribution in [1.82, 2.24) is 0 Å². The van der Waals surface area contributed by atoms with Gasteiger partial charge in [-0.3, -0.25) is 18.7 Å². The van der Waals surface area contributed by atoms with E-state index in [1.54, 1.807) is 19.9 Å². The molecule has 0 saturated heterocycles. The van der Waals surface area contributed by atoms with E-state index in [1.165, 1.54) is 36.4 Å². The van der Waals surface area contributed by atoms with Gasteiger partial charge in [0.25, 0.3) is 26.1 Å². The Hall–Kier alpha value is -3.58. The molecule has 0 saturated carbocycles. The lowest BCUT2D eigenvalue weighted by atomic mass is 9.99. The summed E-state index contributed by atoms with van der Waals surface area (Å²) in [6.45, 7) is 3.45. The number of Topliss-reactive ketones (excluding diaryl/α,β-unsaturated/α-hetero) is 1. The zero-order valence-electron chi connectivity index (χ0n) is 18.6. The summed E-state index contributed by atoms with van der Waals surface area (Å²) in [4.78, 5) is 23.6. The molecule has 0 heterocycles. The molecule has 1 amide bonds. The molecule has 5 N–H and O–H groups in total. The number of rotatable bonds is 7. The Bertz CT molecular complexity index is 1550. The second kappa shape index (κ2) is 9.58. The molecule has 184 valence electrons.